The lowest BCUT2D eigenvalue weighted by molar-refractivity contribution is -0.128. The van der Waals surface area contributed by atoms with Crippen molar-refractivity contribution in [1.29, 1.82) is 0 Å². The number of sulfonamides is 1. The lowest BCUT2D eigenvalue weighted by atomic mass is 9.67. The third kappa shape index (κ3) is 3.51. The van der Waals surface area contributed by atoms with Crippen molar-refractivity contribution in [2.24, 2.45) is 11.3 Å². The number of anilines is 1. The summed E-state index contributed by atoms with van der Waals surface area (Å²) >= 11 is 0. The molecule has 1 aliphatic carbocycles. The molecule has 0 spiro atoms. The van der Waals surface area contributed by atoms with E-state index in [1.165, 1.54) is 10.7 Å². The summed E-state index contributed by atoms with van der Waals surface area (Å²) in [5, 5.41) is 6.38. The lowest BCUT2D eigenvalue weighted by Crippen LogP contribution is -2.44. The first kappa shape index (κ1) is 18.9. The van der Waals surface area contributed by atoms with Crippen molar-refractivity contribution in [2.75, 3.05) is 44.7 Å². The largest absolute Gasteiger partial charge is 0.379 e. The molecule has 8 heteroatoms. The van der Waals surface area contributed by atoms with Crippen molar-refractivity contribution >= 4 is 21.6 Å². The van der Waals surface area contributed by atoms with Crippen molar-refractivity contribution in [3.05, 3.63) is 24.3 Å². The van der Waals surface area contributed by atoms with E-state index in [0.29, 0.717) is 44.5 Å². The van der Waals surface area contributed by atoms with Gasteiger partial charge in [-0.2, -0.15) is 4.31 Å². The molecule has 2 N–H and O–H groups in total. The molecule has 27 heavy (non-hydrogen) atoms. The number of amides is 1. The third-order valence-electron chi connectivity index (χ3n) is 6.19. The molecule has 1 saturated carbocycles. The van der Waals surface area contributed by atoms with E-state index < -0.39 is 10.0 Å². The van der Waals surface area contributed by atoms with E-state index in [9.17, 15) is 13.2 Å². The third-order valence-corrected chi connectivity index (χ3v) is 8.08. The molecule has 0 bridgehead atoms. The molecule has 2 aliphatic heterocycles. The highest BCUT2D eigenvalue weighted by atomic mass is 32.2. The number of carbonyl (C=O) groups excluding carboxylic acids is 1. The highest BCUT2D eigenvalue weighted by Crippen LogP contribution is 2.44. The van der Waals surface area contributed by atoms with E-state index >= 15 is 0 Å². The first-order chi connectivity index (χ1) is 13.0. The van der Waals surface area contributed by atoms with Gasteiger partial charge >= 0.3 is 0 Å². The summed E-state index contributed by atoms with van der Waals surface area (Å²) in [4.78, 5) is 13.3. The standard InChI is InChI=1S/C19H27N3O4S/c23-18(19-7-2-1-4-15(19)13-20-14-19)21-16-5-3-6-17(12-16)27(24,25)22-8-10-26-11-9-22/h3,5-6,12,15,20H,1-2,4,7-11,13-14H2,(H,21,23)/t15-,19+/m0/s1. The van der Waals surface area contributed by atoms with Crippen LogP contribution in [0.15, 0.2) is 29.2 Å². The fourth-order valence-corrected chi connectivity index (χ4v) is 6.07. The van der Waals surface area contributed by atoms with Gasteiger partial charge in [0.15, 0.2) is 0 Å². The summed E-state index contributed by atoms with van der Waals surface area (Å²) in [5.41, 5.74) is 0.178. The second kappa shape index (κ2) is 7.50. The summed E-state index contributed by atoms with van der Waals surface area (Å²) < 4.78 is 32.4. The van der Waals surface area contributed by atoms with Crippen LogP contribution >= 0.6 is 0 Å². The minimum Gasteiger partial charge on any atom is -0.379 e. The Bertz CT molecular complexity index is 807. The number of fused-ring (bicyclic) bond motifs is 1. The zero-order valence-electron chi connectivity index (χ0n) is 15.4. The van der Waals surface area contributed by atoms with Crippen molar-refractivity contribution in [3.63, 3.8) is 0 Å². The lowest BCUT2D eigenvalue weighted by Gasteiger charge is -2.37. The first-order valence-corrected chi connectivity index (χ1v) is 11.2. The SMILES string of the molecule is O=C(Nc1cccc(S(=O)(=O)N2CCOCC2)c1)[C@@]12CCCC[C@H]1CNC2. The molecule has 0 unspecified atom stereocenters. The average molecular weight is 394 g/mol. The molecule has 3 aliphatic rings. The Morgan fingerprint density at radius 1 is 1.26 bits per heavy atom. The number of rotatable bonds is 4. The van der Waals surface area contributed by atoms with E-state index in [1.54, 1.807) is 24.3 Å². The van der Waals surface area contributed by atoms with Gasteiger partial charge in [-0.15, -0.1) is 0 Å². The quantitative estimate of drug-likeness (QED) is 0.808. The Morgan fingerprint density at radius 3 is 2.89 bits per heavy atom. The maximum Gasteiger partial charge on any atom is 0.243 e. The van der Waals surface area contributed by atoms with Gasteiger partial charge in [0, 0.05) is 25.3 Å². The number of hydrogen-bond donors (Lipinski definition) is 2. The first-order valence-electron chi connectivity index (χ1n) is 9.72. The van der Waals surface area contributed by atoms with Crippen LogP contribution in [-0.2, 0) is 19.6 Å². The molecule has 2 heterocycles. The van der Waals surface area contributed by atoms with E-state index in [4.69, 9.17) is 4.74 Å². The Balaban J connectivity index is 1.53. The zero-order valence-corrected chi connectivity index (χ0v) is 16.3. The van der Waals surface area contributed by atoms with Gasteiger partial charge in [0.2, 0.25) is 15.9 Å². The van der Waals surface area contributed by atoms with Gasteiger partial charge < -0.3 is 15.4 Å². The zero-order chi connectivity index (χ0) is 18.9. The maximum absolute atomic E-state index is 13.1. The molecule has 1 aromatic rings. The topological polar surface area (TPSA) is 87.7 Å². The van der Waals surface area contributed by atoms with Gasteiger partial charge in [-0.05, 0) is 43.5 Å². The van der Waals surface area contributed by atoms with Gasteiger partial charge in [-0.1, -0.05) is 18.9 Å². The Hall–Kier alpha value is -1.48. The second-order valence-corrected chi connectivity index (χ2v) is 9.67. The Labute approximate surface area is 160 Å². The van der Waals surface area contributed by atoms with E-state index in [2.05, 4.69) is 10.6 Å². The molecule has 3 fully saturated rings. The molecule has 148 valence electrons. The Morgan fingerprint density at radius 2 is 2.07 bits per heavy atom. The minimum atomic E-state index is -3.57. The van der Waals surface area contributed by atoms with Crippen LogP contribution in [0, 0.1) is 11.3 Å². The predicted molar refractivity (Wildman–Crippen MR) is 102 cm³/mol. The summed E-state index contributed by atoms with van der Waals surface area (Å²) in [6.45, 7) is 3.12. The van der Waals surface area contributed by atoms with Crippen molar-refractivity contribution < 1.29 is 17.9 Å². The second-order valence-electron chi connectivity index (χ2n) is 7.73. The van der Waals surface area contributed by atoms with Crippen LogP contribution in [0.5, 0.6) is 0 Å². The van der Waals surface area contributed by atoms with Crippen LogP contribution in [0.4, 0.5) is 5.69 Å². The smallest absolute Gasteiger partial charge is 0.243 e. The summed E-state index contributed by atoms with van der Waals surface area (Å²) in [6.07, 6.45) is 4.21. The van der Waals surface area contributed by atoms with Gasteiger partial charge in [-0.25, -0.2) is 8.42 Å². The molecular weight excluding hydrogens is 366 g/mol. The fraction of sp³-hybridized carbons (Fsp3) is 0.632. The van der Waals surface area contributed by atoms with Gasteiger partial charge in [0.25, 0.3) is 0 Å². The minimum absolute atomic E-state index is 0.0121. The van der Waals surface area contributed by atoms with Crippen LogP contribution in [0.2, 0.25) is 0 Å². The monoisotopic (exact) mass is 393 g/mol. The molecule has 4 rings (SSSR count). The number of nitrogens with zero attached hydrogens (tertiary/aromatic N) is 1. The maximum atomic E-state index is 13.1. The van der Waals surface area contributed by atoms with Crippen LogP contribution in [-0.4, -0.2) is 58.0 Å². The highest BCUT2D eigenvalue weighted by Gasteiger charge is 2.49. The molecule has 2 atom stereocenters. The number of morpholine rings is 1. The molecule has 0 radical (unpaired) electrons. The summed E-state index contributed by atoms with van der Waals surface area (Å²) in [5.74, 6) is 0.379. The average Bonchev–Trinajstić information content (AvgIpc) is 3.14. The van der Waals surface area contributed by atoms with Crippen LogP contribution in [0.3, 0.4) is 0 Å². The molecule has 7 nitrogen and oxygen atoms in total. The Kier molecular flexibility index (Phi) is 5.24. The fourth-order valence-electron chi connectivity index (χ4n) is 4.62. The summed E-state index contributed by atoms with van der Waals surface area (Å²) in [7, 11) is -3.57. The number of hydrogen-bond acceptors (Lipinski definition) is 5. The molecule has 0 aromatic heterocycles. The van der Waals surface area contributed by atoms with E-state index in [1.807, 2.05) is 0 Å². The van der Waals surface area contributed by atoms with E-state index in [0.717, 1.165) is 25.8 Å². The number of benzene rings is 1. The normalized spacial score (nSPS) is 29.3. The van der Waals surface area contributed by atoms with Crippen molar-refractivity contribution in [3.8, 4) is 0 Å². The molecule has 2 saturated heterocycles. The van der Waals surface area contributed by atoms with Gasteiger partial charge in [-0.3, -0.25) is 4.79 Å². The highest BCUT2D eigenvalue weighted by molar-refractivity contribution is 7.89. The number of ether oxygens (including phenoxy) is 1. The molecular formula is C19H27N3O4S. The van der Waals surface area contributed by atoms with Crippen LogP contribution in [0.1, 0.15) is 25.7 Å². The molecule has 1 aromatic carbocycles. The predicted octanol–water partition coefficient (Wildman–Crippen LogP) is 1.43. The number of nitrogens with one attached hydrogen (secondary N) is 2. The van der Waals surface area contributed by atoms with Crippen molar-refractivity contribution in [1.82, 2.24) is 9.62 Å². The van der Waals surface area contributed by atoms with Crippen LogP contribution < -0.4 is 10.6 Å². The van der Waals surface area contributed by atoms with Crippen molar-refractivity contribution in [2.45, 2.75) is 30.6 Å². The van der Waals surface area contributed by atoms with Gasteiger partial charge in [0.05, 0.1) is 23.5 Å². The number of carbonyl (C=O) groups is 1. The van der Waals surface area contributed by atoms with E-state index in [-0.39, 0.29) is 16.2 Å². The summed E-state index contributed by atoms with van der Waals surface area (Å²) in [6, 6.07) is 6.60. The van der Waals surface area contributed by atoms with Gasteiger partial charge in [0.1, 0.15) is 0 Å². The van der Waals surface area contributed by atoms with Crippen LogP contribution in [0.25, 0.3) is 0 Å². The molecule has 1 amide bonds.